The molecule has 2 saturated heterocycles. The lowest BCUT2D eigenvalue weighted by Gasteiger charge is -2.46. The maximum atomic E-state index is 11.9. The number of piperidine rings is 1. The van der Waals surface area contributed by atoms with Gasteiger partial charge in [0.2, 0.25) is 0 Å². The molecule has 100 valence electrons. The third kappa shape index (κ3) is 1.69. The molecule has 1 saturated carbocycles. The van der Waals surface area contributed by atoms with Crippen molar-refractivity contribution in [2.75, 3.05) is 20.1 Å². The normalized spacial score (nSPS) is 48.2. The average molecular weight is 251 g/mol. The molecule has 0 aromatic rings. The topological polar surface area (TPSA) is 46.6 Å². The second kappa shape index (κ2) is 4.34. The Bertz CT molecular complexity index is 370. The Balaban J connectivity index is 1.89. The van der Waals surface area contributed by atoms with Gasteiger partial charge in [-0.3, -0.25) is 4.79 Å². The summed E-state index contributed by atoms with van der Waals surface area (Å²) in [5.41, 5.74) is 0. The van der Waals surface area contributed by atoms with Crippen LogP contribution in [0, 0.1) is 29.6 Å². The van der Waals surface area contributed by atoms with Crippen LogP contribution >= 0.6 is 0 Å². The quantitative estimate of drug-likeness (QED) is 0.514. The smallest absolute Gasteiger partial charge is 0.309 e. The van der Waals surface area contributed by atoms with Gasteiger partial charge in [-0.05, 0) is 45.2 Å². The van der Waals surface area contributed by atoms with Gasteiger partial charge in [0.25, 0.3) is 0 Å². The largest absolute Gasteiger partial charge is 0.462 e. The van der Waals surface area contributed by atoms with Crippen molar-refractivity contribution in [2.24, 2.45) is 29.6 Å². The van der Waals surface area contributed by atoms with Gasteiger partial charge in [0, 0.05) is 18.4 Å². The van der Waals surface area contributed by atoms with E-state index < -0.39 is 0 Å². The highest BCUT2D eigenvalue weighted by atomic mass is 16.6. The zero-order valence-corrected chi connectivity index (χ0v) is 11.0. The molecule has 4 heteroatoms. The van der Waals surface area contributed by atoms with Gasteiger partial charge in [-0.2, -0.15) is 0 Å². The van der Waals surface area contributed by atoms with Crippen molar-refractivity contribution in [3.05, 3.63) is 0 Å². The van der Waals surface area contributed by atoms with Gasteiger partial charge in [0.15, 0.2) is 0 Å². The molecule has 0 unspecified atom stereocenters. The van der Waals surface area contributed by atoms with E-state index in [-0.39, 0.29) is 29.8 Å². The van der Waals surface area contributed by atoms with Crippen molar-refractivity contribution < 1.29 is 14.3 Å². The molecule has 0 N–H and O–H groups in total. The van der Waals surface area contributed by atoms with E-state index >= 15 is 0 Å². The standard InChI is InChI=1S/C14H21NO3/c1-8-13-11(14(17)18-8)5-9-6-15(2)4-3-10(9)12(13)7-16/h7-13H,3-6H2,1-2H3/t8-,9-,10-,11-,12+,13-/m1/s1. The molecule has 0 bridgehead atoms. The minimum atomic E-state index is -0.0849. The molecule has 0 spiro atoms. The van der Waals surface area contributed by atoms with Crippen LogP contribution < -0.4 is 0 Å². The molecule has 6 atom stereocenters. The van der Waals surface area contributed by atoms with Crippen LogP contribution in [0.25, 0.3) is 0 Å². The van der Waals surface area contributed by atoms with Crippen LogP contribution in [-0.4, -0.2) is 43.4 Å². The van der Waals surface area contributed by atoms with E-state index in [1.807, 2.05) is 6.92 Å². The summed E-state index contributed by atoms with van der Waals surface area (Å²) >= 11 is 0. The molecular weight excluding hydrogens is 230 g/mol. The Labute approximate surface area is 108 Å². The maximum absolute atomic E-state index is 11.9. The van der Waals surface area contributed by atoms with Crippen molar-refractivity contribution in [3.63, 3.8) is 0 Å². The lowest BCUT2D eigenvalue weighted by molar-refractivity contribution is -0.144. The number of rotatable bonds is 1. The number of ether oxygens (including phenoxy) is 1. The highest BCUT2D eigenvalue weighted by Crippen LogP contribution is 2.50. The Morgan fingerprint density at radius 1 is 1.44 bits per heavy atom. The molecule has 0 amide bonds. The first kappa shape index (κ1) is 12.2. The molecule has 4 nitrogen and oxygen atoms in total. The fourth-order valence-corrected chi connectivity index (χ4v) is 4.46. The minimum Gasteiger partial charge on any atom is -0.462 e. The van der Waals surface area contributed by atoms with Gasteiger partial charge in [0.05, 0.1) is 5.92 Å². The number of cyclic esters (lactones) is 1. The molecule has 0 radical (unpaired) electrons. The summed E-state index contributed by atoms with van der Waals surface area (Å²) in [5.74, 6) is 0.965. The van der Waals surface area contributed by atoms with Crippen molar-refractivity contribution in [3.8, 4) is 0 Å². The number of aldehydes is 1. The van der Waals surface area contributed by atoms with Crippen molar-refractivity contribution in [1.29, 1.82) is 0 Å². The lowest BCUT2D eigenvalue weighted by Crippen LogP contribution is -2.50. The molecule has 1 aliphatic carbocycles. The van der Waals surface area contributed by atoms with Crippen LogP contribution in [0.15, 0.2) is 0 Å². The van der Waals surface area contributed by atoms with Gasteiger partial charge >= 0.3 is 5.97 Å². The fraction of sp³-hybridized carbons (Fsp3) is 0.857. The van der Waals surface area contributed by atoms with Gasteiger partial charge in [-0.15, -0.1) is 0 Å². The monoisotopic (exact) mass is 251 g/mol. The van der Waals surface area contributed by atoms with E-state index in [0.717, 1.165) is 32.2 Å². The first-order valence-electron chi connectivity index (χ1n) is 6.96. The number of hydrogen-bond donors (Lipinski definition) is 0. The zero-order chi connectivity index (χ0) is 12.9. The van der Waals surface area contributed by atoms with Crippen molar-refractivity contribution in [2.45, 2.75) is 25.9 Å². The lowest BCUT2D eigenvalue weighted by atomic mass is 9.60. The number of likely N-dealkylation sites (tertiary alicyclic amines) is 1. The average Bonchev–Trinajstić information content (AvgIpc) is 2.62. The van der Waals surface area contributed by atoms with Gasteiger partial charge < -0.3 is 14.4 Å². The van der Waals surface area contributed by atoms with E-state index in [4.69, 9.17) is 4.74 Å². The molecule has 0 aromatic heterocycles. The molecule has 2 heterocycles. The number of carbonyl (C=O) groups is 2. The molecule has 2 aliphatic heterocycles. The third-order valence-electron chi connectivity index (χ3n) is 5.26. The summed E-state index contributed by atoms with van der Waals surface area (Å²) < 4.78 is 5.36. The fourth-order valence-electron chi connectivity index (χ4n) is 4.46. The second-order valence-electron chi connectivity index (χ2n) is 6.25. The predicted molar refractivity (Wildman–Crippen MR) is 65.8 cm³/mol. The number of carbonyl (C=O) groups excluding carboxylic acids is 2. The summed E-state index contributed by atoms with van der Waals surface area (Å²) in [6, 6.07) is 0. The maximum Gasteiger partial charge on any atom is 0.309 e. The van der Waals surface area contributed by atoms with Crippen LogP contribution in [0.1, 0.15) is 19.8 Å². The number of fused-ring (bicyclic) bond motifs is 2. The van der Waals surface area contributed by atoms with E-state index in [9.17, 15) is 9.59 Å². The summed E-state index contributed by atoms with van der Waals surface area (Å²) in [6.45, 7) is 4.01. The van der Waals surface area contributed by atoms with Gasteiger partial charge in [-0.25, -0.2) is 0 Å². The first-order valence-corrected chi connectivity index (χ1v) is 6.96. The van der Waals surface area contributed by atoms with Crippen molar-refractivity contribution >= 4 is 12.3 Å². The number of esters is 1. The Kier molecular flexibility index (Phi) is 2.93. The minimum absolute atomic E-state index is 0.0175. The zero-order valence-electron chi connectivity index (χ0n) is 11.0. The SMILES string of the molecule is C[C@H]1OC(=O)[C@@H]2C[C@@H]3CN(C)CC[C@H]3[C@H](C=O)[C@H]12. The van der Waals surface area contributed by atoms with Gasteiger partial charge in [0.1, 0.15) is 12.4 Å². The number of nitrogens with zero attached hydrogens (tertiary/aromatic N) is 1. The summed E-state index contributed by atoms with van der Waals surface area (Å²) in [6.07, 6.45) is 3.00. The van der Waals surface area contributed by atoms with Crippen molar-refractivity contribution in [1.82, 2.24) is 4.90 Å². The third-order valence-corrected chi connectivity index (χ3v) is 5.26. The highest BCUT2D eigenvalue weighted by molar-refractivity contribution is 5.76. The molecular formula is C14H21NO3. The first-order chi connectivity index (χ1) is 8.61. The molecule has 3 rings (SSSR count). The van der Waals surface area contributed by atoms with Crippen LogP contribution in [0.3, 0.4) is 0 Å². The molecule has 3 aliphatic rings. The summed E-state index contributed by atoms with van der Waals surface area (Å²) in [7, 11) is 2.12. The molecule has 18 heavy (non-hydrogen) atoms. The second-order valence-corrected chi connectivity index (χ2v) is 6.25. The van der Waals surface area contributed by atoms with E-state index in [0.29, 0.717) is 11.8 Å². The van der Waals surface area contributed by atoms with Crippen LogP contribution in [0.2, 0.25) is 0 Å². The Morgan fingerprint density at radius 3 is 2.94 bits per heavy atom. The predicted octanol–water partition coefficient (Wildman–Crippen LogP) is 0.951. The summed E-state index contributed by atoms with van der Waals surface area (Å²) in [4.78, 5) is 25.7. The van der Waals surface area contributed by atoms with E-state index in [2.05, 4.69) is 11.9 Å². The van der Waals surface area contributed by atoms with Crippen LogP contribution in [0.5, 0.6) is 0 Å². The number of hydrogen-bond acceptors (Lipinski definition) is 4. The Hall–Kier alpha value is -0.900. The van der Waals surface area contributed by atoms with E-state index in [1.54, 1.807) is 0 Å². The summed E-state index contributed by atoms with van der Waals surface area (Å²) in [5, 5.41) is 0. The molecule has 3 fully saturated rings. The van der Waals surface area contributed by atoms with Crippen LogP contribution in [-0.2, 0) is 14.3 Å². The van der Waals surface area contributed by atoms with Crippen LogP contribution in [0.4, 0.5) is 0 Å². The molecule has 0 aromatic carbocycles. The highest BCUT2D eigenvalue weighted by Gasteiger charge is 2.54. The van der Waals surface area contributed by atoms with Gasteiger partial charge in [-0.1, -0.05) is 0 Å². The van der Waals surface area contributed by atoms with E-state index in [1.165, 1.54) is 0 Å². The Morgan fingerprint density at radius 2 is 2.22 bits per heavy atom.